The first-order valence-electron chi connectivity index (χ1n) is 5.93. The second-order valence-electron chi connectivity index (χ2n) is 4.32. The first-order chi connectivity index (χ1) is 9.43. The predicted octanol–water partition coefficient (Wildman–Crippen LogP) is 4.31. The fourth-order valence-electron chi connectivity index (χ4n) is 1.88. The fourth-order valence-corrected chi connectivity index (χ4v) is 2.71. The van der Waals surface area contributed by atoms with Gasteiger partial charge in [-0.15, -0.1) is 0 Å². The minimum absolute atomic E-state index is 0.482. The molecule has 0 saturated carbocycles. The maximum atomic E-state index is 6.18. The Morgan fingerprint density at radius 3 is 2.70 bits per heavy atom. The van der Waals surface area contributed by atoms with Crippen molar-refractivity contribution in [3.63, 3.8) is 0 Å². The average Bonchev–Trinajstić information content (AvgIpc) is 2.63. The Hall–Kier alpha value is -0.750. The molecule has 0 aliphatic rings. The van der Waals surface area contributed by atoms with Gasteiger partial charge in [-0.3, -0.25) is 0 Å². The molecular formula is C13H14BrCl2N3O. The molecule has 4 nitrogen and oxygen atoms in total. The molecule has 0 fully saturated rings. The Kier molecular flexibility index (Phi) is 4.96. The van der Waals surface area contributed by atoms with E-state index in [2.05, 4.69) is 26.3 Å². The van der Waals surface area contributed by atoms with Gasteiger partial charge in [0, 0.05) is 24.1 Å². The van der Waals surface area contributed by atoms with E-state index < -0.39 is 0 Å². The van der Waals surface area contributed by atoms with E-state index in [1.807, 2.05) is 21.0 Å². The zero-order valence-electron chi connectivity index (χ0n) is 11.3. The molecule has 0 unspecified atom stereocenters. The highest BCUT2D eigenvalue weighted by Crippen LogP contribution is 2.37. The minimum atomic E-state index is 0.482. The summed E-state index contributed by atoms with van der Waals surface area (Å²) in [7, 11) is 3.70. The van der Waals surface area contributed by atoms with Gasteiger partial charge < -0.3 is 10.1 Å². The van der Waals surface area contributed by atoms with Crippen molar-refractivity contribution in [3.05, 3.63) is 37.9 Å². The largest absolute Gasteiger partial charge is 0.437 e. The van der Waals surface area contributed by atoms with Crippen molar-refractivity contribution < 1.29 is 4.74 Å². The highest BCUT2D eigenvalue weighted by Gasteiger charge is 2.17. The lowest BCUT2D eigenvalue weighted by atomic mass is 10.2. The van der Waals surface area contributed by atoms with E-state index in [9.17, 15) is 0 Å². The van der Waals surface area contributed by atoms with Crippen molar-refractivity contribution in [1.29, 1.82) is 0 Å². The van der Waals surface area contributed by atoms with Gasteiger partial charge in [0.1, 0.15) is 5.75 Å². The van der Waals surface area contributed by atoms with Gasteiger partial charge in [-0.2, -0.15) is 5.10 Å². The van der Waals surface area contributed by atoms with E-state index in [4.69, 9.17) is 27.9 Å². The zero-order chi connectivity index (χ0) is 14.9. The molecule has 0 bridgehead atoms. The first-order valence-corrected chi connectivity index (χ1v) is 7.48. The Bertz CT molecular complexity index is 643. The number of ether oxygens (including phenoxy) is 1. The van der Waals surface area contributed by atoms with Gasteiger partial charge >= 0.3 is 0 Å². The molecule has 1 heterocycles. The van der Waals surface area contributed by atoms with Crippen LogP contribution in [0.5, 0.6) is 11.6 Å². The number of benzene rings is 1. The quantitative estimate of drug-likeness (QED) is 0.805. The summed E-state index contributed by atoms with van der Waals surface area (Å²) in [6.07, 6.45) is 0. The van der Waals surface area contributed by atoms with Crippen LogP contribution >= 0.6 is 39.1 Å². The molecule has 0 aliphatic heterocycles. The second-order valence-corrected chi connectivity index (χ2v) is 5.99. The van der Waals surface area contributed by atoms with E-state index in [-0.39, 0.29) is 0 Å². The molecule has 0 aliphatic carbocycles. The Morgan fingerprint density at radius 1 is 1.35 bits per heavy atom. The van der Waals surface area contributed by atoms with Crippen LogP contribution in [-0.2, 0) is 13.6 Å². The molecule has 7 heteroatoms. The van der Waals surface area contributed by atoms with Crippen molar-refractivity contribution in [3.8, 4) is 11.6 Å². The van der Waals surface area contributed by atoms with E-state index in [1.54, 1.807) is 16.8 Å². The number of aromatic nitrogens is 2. The monoisotopic (exact) mass is 377 g/mol. The number of hydrogen-bond acceptors (Lipinski definition) is 3. The van der Waals surface area contributed by atoms with E-state index >= 15 is 0 Å². The molecule has 2 aromatic rings. The van der Waals surface area contributed by atoms with Crippen LogP contribution in [0.1, 0.15) is 11.3 Å². The van der Waals surface area contributed by atoms with Crippen LogP contribution in [0.4, 0.5) is 0 Å². The van der Waals surface area contributed by atoms with Crippen molar-refractivity contribution in [2.75, 3.05) is 7.05 Å². The van der Waals surface area contributed by atoms with Crippen molar-refractivity contribution in [1.82, 2.24) is 15.1 Å². The summed E-state index contributed by atoms with van der Waals surface area (Å²) in [5, 5.41) is 8.48. The summed E-state index contributed by atoms with van der Waals surface area (Å²) in [4.78, 5) is 0. The van der Waals surface area contributed by atoms with Crippen LogP contribution in [0.3, 0.4) is 0 Å². The number of nitrogens with zero attached hydrogens (tertiary/aromatic N) is 2. The summed E-state index contributed by atoms with van der Waals surface area (Å²) < 4.78 is 8.32. The van der Waals surface area contributed by atoms with Crippen LogP contribution < -0.4 is 10.1 Å². The Balaban J connectivity index is 2.42. The van der Waals surface area contributed by atoms with E-state index in [0.717, 1.165) is 15.7 Å². The lowest BCUT2D eigenvalue weighted by molar-refractivity contribution is 0.425. The fraction of sp³-hybridized carbons (Fsp3) is 0.308. The van der Waals surface area contributed by atoms with Gasteiger partial charge in [0.15, 0.2) is 0 Å². The molecule has 0 saturated heterocycles. The molecule has 1 aromatic carbocycles. The smallest absolute Gasteiger partial charge is 0.222 e. The van der Waals surface area contributed by atoms with Crippen molar-refractivity contribution in [2.24, 2.45) is 7.05 Å². The van der Waals surface area contributed by atoms with E-state index in [1.165, 1.54) is 0 Å². The molecule has 0 spiro atoms. The normalized spacial score (nSPS) is 10.9. The van der Waals surface area contributed by atoms with Gasteiger partial charge in [0.05, 0.1) is 21.3 Å². The molecule has 0 atom stereocenters. The summed E-state index contributed by atoms with van der Waals surface area (Å²) in [5.74, 6) is 1.15. The molecule has 0 radical (unpaired) electrons. The van der Waals surface area contributed by atoms with Gasteiger partial charge in [-0.1, -0.05) is 23.2 Å². The Labute approximate surface area is 136 Å². The molecule has 1 N–H and O–H groups in total. The Morgan fingerprint density at radius 2 is 2.05 bits per heavy atom. The molecule has 2 rings (SSSR count). The average molecular weight is 379 g/mol. The van der Waals surface area contributed by atoms with Crippen molar-refractivity contribution >= 4 is 39.1 Å². The molecule has 0 amide bonds. The predicted molar refractivity (Wildman–Crippen MR) is 84.9 cm³/mol. The SMILES string of the molecule is CNCc1c(C)nn(C)c1Oc1cc(Cl)c(Br)cc1Cl. The number of nitrogens with one attached hydrogen (secondary N) is 1. The summed E-state index contributed by atoms with van der Waals surface area (Å²) in [5.41, 5.74) is 1.90. The molecule has 108 valence electrons. The van der Waals surface area contributed by atoms with Crippen LogP contribution in [0.25, 0.3) is 0 Å². The number of aryl methyl sites for hydroxylation is 2. The van der Waals surface area contributed by atoms with E-state index in [0.29, 0.717) is 28.2 Å². The summed E-state index contributed by atoms with van der Waals surface area (Å²) in [6, 6.07) is 3.39. The van der Waals surface area contributed by atoms with Crippen LogP contribution in [0.15, 0.2) is 16.6 Å². The van der Waals surface area contributed by atoms with Crippen LogP contribution in [-0.4, -0.2) is 16.8 Å². The number of halogens is 3. The third-order valence-electron chi connectivity index (χ3n) is 2.82. The van der Waals surface area contributed by atoms with Gasteiger partial charge in [-0.25, -0.2) is 4.68 Å². The second kappa shape index (κ2) is 6.35. The first kappa shape index (κ1) is 15.6. The van der Waals surface area contributed by atoms with Crippen LogP contribution in [0, 0.1) is 6.92 Å². The topological polar surface area (TPSA) is 39.1 Å². The summed E-state index contributed by atoms with van der Waals surface area (Å²) >= 11 is 15.6. The minimum Gasteiger partial charge on any atom is -0.437 e. The summed E-state index contributed by atoms with van der Waals surface area (Å²) in [6.45, 7) is 2.60. The standard InChI is InChI=1S/C13H14BrCl2N3O/c1-7-8(6-17-2)13(19(3)18-7)20-12-5-10(15)9(14)4-11(12)16/h4-5,17H,6H2,1-3H3. The van der Waals surface area contributed by atoms with Gasteiger partial charge in [-0.05, 0) is 36.0 Å². The van der Waals surface area contributed by atoms with Crippen molar-refractivity contribution in [2.45, 2.75) is 13.5 Å². The highest BCUT2D eigenvalue weighted by atomic mass is 79.9. The van der Waals surface area contributed by atoms with Gasteiger partial charge in [0.2, 0.25) is 5.88 Å². The zero-order valence-corrected chi connectivity index (χ0v) is 14.4. The van der Waals surface area contributed by atoms with Crippen LogP contribution in [0.2, 0.25) is 10.0 Å². The lowest BCUT2D eigenvalue weighted by Gasteiger charge is -2.11. The van der Waals surface area contributed by atoms with Gasteiger partial charge in [0.25, 0.3) is 0 Å². The lowest BCUT2D eigenvalue weighted by Crippen LogP contribution is -2.07. The third kappa shape index (κ3) is 3.11. The highest BCUT2D eigenvalue weighted by molar-refractivity contribution is 9.10. The third-order valence-corrected chi connectivity index (χ3v) is 4.32. The molecule has 20 heavy (non-hydrogen) atoms. The maximum absolute atomic E-state index is 6.18. The molecule has 1 aromatic heterocycles. The number of rotatable bonds is 4. The number of hydrogen-bond donors (Lipinski definition) is 1. The maximum Gasteiger partial charge on any atom is 0.222 e. The molecular weight excluding hydrogens is 365 g/mol.